The Labute approximate surface area is 188 Å². The number of hydrogen-bond acceptors (Lipinski definition) is 5. The van der Waals surface area contributed by atoms with Crippen molar-refractivity contribution in [3.63, 3.8) is 0 Å². The Kier molecular flexibility index (Phi) is 5.46. The van der Waals surface area contributed by atoms with Gasteiger partial charge in [-0.2, -0.15) is 0 Å². The van der Waals surface area contributed by atoms with Crippen molar-refractivity contribution in [1.29, 1.82) is 0 Å². The maximum absolute atomic E-state index is 13.0. The third kappa shape index (κ3) is 3.02. The molecule has 7 nitrogen and oxygen atoms in total. The van der Waals surface area contributed by atoms with Gasteiger partial charge in [0.05, 0.1) is 12.7 Å². The SMILES string of the molecule is CCn1c2c(cc(C(=O)O)c1=O)CC1(O)C(C)N(C)CCC1(c1cc(OC)ccc1C)C2. The molecule has 2 aliphatic rings. The maximum atomic E-state index is 13.0. The number of carboxylic acid groups (broad SMARTS) is 1. The summed E-state index contributed by atoms with van der Waals surface area (Å²) in [4.78, 5) is 26.9. The van der Waals surface area contributed by atoms with E-state index < -0.39 is 22.5 Å². The molecule has 2 heterocycles. The van der Waals surface area contributed by atoms with Crippen LogP contribution in [-0.2, 0) is 24.8 Å². The molecule has 172 valence electrons. The van der Waals surface area contributed by atoms with Crippen LogP contribution in [0.4, 0.5) is 0 Å². The Hall–Kier alpha value is -2.64. The third-order valence-corrected chi connectivity index (χ3v) is 8.00. The molecule has 3 unspecified atom stereocenters. The molecule has 7 heteroatoms. The molecule has 0 amide bonds. The van der Waals surface area contributed by atoms with Crippen LogP contribution in [-0.4, -0.2) is 58.0 Å². The lowest BCUT2D eigenvalue weighted by Crippen LogP contribution is -2.70. The van der Waals surface area contributed by atoms with Gasteiger partial charge in [-0.1, -0.05) is 6.07 Å². The van der Waals surface area contributed by atoms with Crippen LogP contribution in [0.25, 0.3) is 0 Å². The van der Waals surface area contributed by atoms with Crippen molar-refractivity contribution >= 4 is 5.97 Å². The zero-order valence-electron chi connectivity index (χ0n) is 19.4. The molecule has 3 atom stereocenters. The van der Waals surface area contributed by atoms with Crippen LogP contribution in [0, 0.1) is 6.92 Å². The molecule has 1 aliphatic carbocycles. The van der Waals surface area contributed by atoms with Crippen molar-refractivity contribution < 1.29 is 19.7 Å². The molecule has 0 saturated carbocycles. The van der Waals surface area contributed by atoms with Gasteiger partial charge in [-0.15, -0.1) is 0 Å². The third-order valence-electron chi connectivity index (χ3n) is 8.00. The molecule has 1 fully saturated rings. The van der Waals surface area contributed by atoms with Crippen LogP contribution in [0.2, 0.25) is 0 Å². The highest BCUT2D eigenvalue weighted by Crippen LogP contribution is 2.53. The number of benzene rings is 1. The van der Waals surface area contributed by atoms with E-state index in [9.17, 15) is 19.8 Å². The molecule has 0 bridgehead atoms. The highest BCUT2D eigenvalue weighted by Gasteiger charge is 2.60. The number of nitrogens with zero attached hydrogens (tertiary/aromatic N) is 2. The van der Waals surface area contributed by atoms with Gasteiger partial charge in [0.2, 0.25) is 0 Å². The molecule has 1 aromatic carbocycles. The number of pyridine rings is 1. The van der Waals surface area contributed by atoms with E-state index >= 15 is 0 Å². The van der Waals surface area contributed by atoms with Gasteiger partial charge in [0, 0.05) is 36.5 Å². The second kappa shape index (κ2) is 7.74. The first-order valence-electron chi connectivity index (χ1n) is 11.2. The number of ether oxygens (including phenoxy) is 1. The number of aliphatic hydroxyl groups is 1. The van der Waals surface area contributed by atoms with Crippen LogP contribution in [0.15, 0.2) is 29.1 Å². The Bertz CT molecular complexity index is 1140. The minimum absolute atomic E-state index is 0.162. The molecule has 2 aromatic rings. The molecular formula is C25H32N2O5. The Morgan fingerprint density at radius 2 is 2.00 bits per heavy atom. The largest absolute Gasteiger partial charge is 0.497 e. The minimum atomic E-state index is -1.23. The van der Waals surface area contributed by atoms with Gasteiger partial charge in [-0.25, -0.2) is 4.79 Å². The summed E-state index contributed by atoms with van der Waals surface area (Å²) in [6.07, 6.45) is 1.47. The number of piperidine rings is 1. The Morgan fingerprint density at radius 1 is 1.28 bits per heavy atom. The molecule has 2 N–H and O–H groups in total. The molecular weight excluding hydrogens is 408 g/mol. The fraction of sp³-hybridized carbons (Fsp3) is 0.520. The quantitative estimate of drug-likeness (QED) is 0.759. The topological polar surface area (TPSA) is 92.0 Å². The summed E-state index contributed by atoms with van der Waals surface area (Å²) in [6, 6.07) is 7.27. The first-order chi connectivity index (χ1) is 15.1. The molecule has 1 aromatic heterocycles. The van der Waals surface area contributed by atoms with Gasteiger partial charge in [0.1, 0.15) is 11.3 Å². The highest BCUT2D eigenvalue weighted by molar-refractivity contribution is 5.87. The number of likely N-dealkylation sites (N-methyl/N-ethyl adjacent to an activating group) is 1. The van der Waals surface area contributed by atoms with E-state index in [1.54, 1.807) is 11.7 Å². The number of fused-ring (bicyclic) bond motifs is 2. The number of likely N-dealkylation sites (tertiary alicyclic amines) is 1. The van der Waals surface area contributed by atoms with Crippen LogP contribution in [0.1, 0.15) is 53.0 Å². The van der Waals surface area contributed by atoms with Gasteiger partial charge in [-0.05, 0) is 75.7 Å². The average Bonchev–Trinajstić information content (AvgIpc) is 2.76. The van der Waals surface area contributed by atoms with Crippen LogP contribution in [0.5, 0.6) is 5.75 Å². The van der Waals surface area contributed by atoms with Crippen molar-refractivity contribution in [1.82, 2.24) is 9.47 Å². The minimum Gasteiger partial charge on any atom is -0.497 e. The first kappa shape index (κ1) is 22.6. The molecule has 4 rings (SSSR count). The van der Waals surface area contributed by atoms with E-state index in [2.05, 4.69) is 4.90 Å². The van der Waals surface area contributed by atoms with Crippen molar-refractivity contribution in [3.05, 3.63) is 62.6 Å². The predicted molar refractivity (Wildman–Crippen MR) is 122 cm³/mol. The summed E-state index contributed by atoms with van der Waals surface area (Å²) in [5.74, 6) is -0.505. The summed E-state index contributed by atoms with van der Waals surface area (Å²) in [5.41, 5.74) is 1.17. The number of carbonyl (C=O) groups is 1. The van der Waals surface area contributed by atoms with E-state index in [4.69, 9.17) is 4.74 Å². The highest BCUT2D eigenvalue weighted by atomic mass is 16.5. The monoisotopic (exact) mass is 440 g/mol. The number of aryl methyl sites for hydroxylation is 1. The van der Waals surface area contributed by atoms with E-state index in [0.29, 0.717) is 13.0 Å². The van der Waals surface area contributed by atoms with Crippen molar-refractivity contribution in [2.75, 3.05) is 20.7 Å². The fourth-order valence-corrected chi connectivity index (χ4v) is 5.99. The number of aromatic nitrogens is 1. The second-order valence-electron chi connectivity index (χ2n) is 9.33. The van der Waals surface area contributed by atoms with Crippen LogP contribution >= 0.6 is 0 Å². The second-order valence-corrected chi connectivity index (χ2v) is 9.33. The Morgan fingerprint density at radius 3 is 2.62 bits per heavy atom. The molecule has 0 radical (unpaired) electrons. The van der Waals surface area contributed by atoms with Crippen molar-refractivity contribution in [2.45, 2.75) is 63.6 Å². The number of carboxylic acids is 1. The molecule has 32 heavy (non-hydrogen) atoms. The van der Waals surface area contributed by atoms with Crippen molar-refractivity contribution in [3.8, 4) is 5.75 Å². The smallest absolute Gasteiger partial charge is 0.341 e. The lowest BCUT2D eigenvalue weighted by atomic mass is 9.53. The summed E-state index contributed by atoms with van der Waals surface area (Å²) in [7, 11) is 3.64. The summed E-state index contributed by atoms with van der Waals surface area (Å²) in [6.45, 7) is 7.11. The number of rotatable bonds is 4. The van der Waals surface area contributed by atoms with Gasteiger partial charge in [0.15, 0.2) is 0 Å². The molecule has 1 aliphatic heterocycles. The fourth-order valence-electron chi connectivity index (χ4n) is 5.99. The summed E-state index contributed by atoms with van der Waals surface area (Å²) < 4.78 is 7.10. The molecule has 0 spiro atoms. The molecule has 1 saturated heterocycles. The van der Waals surface area contributed by atoms with E-state index in [1.165, 1.54) is 6.07 Å². The first-order valence-corrected chi connectivity index (χ1v) is 11.2. The van der Waals surface area contributed by atoms with Crippen LogP contribution < -0.4 is 10.3 Å². The van der Waals surface area contributed by atoms with Gasteiger partial charge in [0.25, 0.3) is 5.56 Å². The zero-order chi connectivity index (χ0) is 23.4. The van der Waals surface area contributed by atoms with E-state index in [1.807, 2.05) is 46.0 Å². The standard InChI is InChI=1S/C25H32N2O5/c1-6-27-21-14-24(20-12-18(32-5)8-7-15(20)2)9-10-26(4)16(3)25(24,31)13-17(21)11-19(22(27)28)23(29)30/h7-8,11-12,16,31H,6,9-10,13-14H2,1-5H3,(H,29,30). The van der Waals surface area contributed by atoms with Crippen LogP contribution in [0.3, 0.4) is 0 Å². The van der Waals surface area contributed by atoms with Crippen molar-refractivity contribution in [2.24, 2.45) is 0 Å². The summed E-state index contributed by atoms with van der Waals surface area (Å²) in [5, 5.41) is 22.0. The zero-order valence-corrected chi connectivity index (χ0v) is 19.4. The van der Waals surface area contributed by atoms with Gasteiger partial charge >= 0.3 is 5.97 Å². The number of hydrogen-bond donors (Lipinski definition) is 2. The normalized spacial score (nSPS) is 27.5. The summed E-state index contributed by atoms with van der Waals surface area (Å²) >= 11 is 0. The van der Waals surface area contributed by atoms with Gasteiger partial charge in [-0.3, -0.25) is 4.79 Å². The van der Waals surface area contributed by atoms with E-state index in [0.717, 1.165) is 41.1 Å². The maximum Gasteiger partial charge on any atom is 0.341 e. The average molecular weight is 441 g/mol. The van der Waals surface area contributed by atoms with E-state index in [-0.39, 0.29) is 18.0 Å². The lowest BCUT2D eigenvalue weighted by Gasteiger charge is -2.60. The lowest BCUT2D eigenvalue weighted by molar-refractivity contribution is -0.133. The Balaban J connectivity index is 2.04. The number of aromatic carboxylic acids is 1. The predicted octanol–water partition coefficient (Wildman–Crippen LogP) is 2.38. The van der Waals surface area contributed by atoms with Gasteiger partial charge < -0.3 is 24.4 Å². The number of methoxy groups -OCH3 is 1.